The van der Waals surface area contributed by atoms with Gasteiger partial charge < -0.3 is 0 Å². The van der Waals surface area contributed by atoms with E-state index in [9.17, 15) is 9.59 Å². The van der Waals surface area contributed by atoms with Gasteiger partial charge in [-0.3, -0.25) is 14.9 Å². The van der Waals surface area contributed by atoms with Crippen LogP contribution in [0.15, 0.2) is 0 Å². The minimum absolute atomic E-state index is 0.0752. The number of thioether (sulfide) groups is 1. The Balaban J connectivity index is 2.23. The number of imide groups is 1. The van der Waals surface area contributed by atoms with Crippen LogP contribution >= 0.6 is 11.8 Å². The largest absolute Gasteiger partial charge is 0.286 e. The predicted octanol–water partition coefficient (Wildman–Crippen LogP) is 0.892. The molecule has 1 aliphatic carbocycles. The number of carbonyl (C=O) groups excluding carboxylic acids is 2. The number of hydrogen-bond donors (Lipinski definition) is 1. The van der Waals surface area contributed by atoms with Gasteiger partial charge in [-0.2, -0.15) is 0 Å². The van der Waals surface area contributed by atoms with Gasteiger partial charge in [0, 0.05) is 0 Å². The molecule has 3 nitrogen and oxygen atoms in total. The zero-order valence-electron chi connectivity index (χ0n) is 5.35. The first-order valence-electron chi connectivity index (χ1n) is 3.27. The van der Waals surface area contributed by atoms with Gasteiger partial charge in [0.2, 0.25) is 5.91 Å². The molecule has 2 fully saturated rings. The monoisotopic (exact) mass is 157 g/mol. The Bertz CT molecular complexity index is 210. The molecular weight excluding hydrogens is 150 g/mol. The summed E-state index contributed by atoms with van der Waals surface area (Å²) in [7, 11) is 0. The van der Waals surface area contributed by atoms with Crippen LogP contribution in [0.1, 0.15) is 19.3 Å². The SMILES string of the molecule is O=C1NC(=O)C2(CCC2)S1. The number of hydrogen-bond acceptors (Lipinski definition) is 3. The molecule has 0 aromatic rings. The minimum Gasteiger partial charge on any atom is -0.286 e. The van der Waals surface area contributed by atoms with E-state index in [-0.39, 0.29) is 15.9 Å². The van der Waals surface area contributed by atoms with Crippen molar-refractivity contribution >= 4 is 22.9 Å². The molecule has 54 valence electrons. The van der Waals surface area contributed by atoms with E-state index in [0.29, 0.717) is 0 Å². The molecule has 10 heavy (non-hydrogen) atoms. The van der Waals surface area contributed by atoms with Crippen molar-refractivity contribution < 1.29 is 9.59 Å². The first-order valence-corrected chi connectivity index (χ1v) is 4.09. The summed E-state index contributed by atoms with van der Waals surface area (Å²) in [6, 6.07) is 0. The molecule has 1 aliphatic heterocycles. The third-order valence-corrected chi connectivity index (χ3v) is 3.35. The van der Waals surface area contributed by atoms with Gasteiger partial charge in [0.25, 0.3) is 5.24 Å². The minimum atomic E-state index is -0.336. The lowest BCUT2D eigenvalue weighted by Crippen LogP contribution is -2.42. The van der Waals surface area contributed by atoms with Crippen molar-refractivity contribution in [3.05, 3.63) is 0 Å². The summed E-state index contributed by atoms with van der Waals surface area (Å²) in [6.45, 7) is 0. The smallest absolute Gasteiger partial charge is 0.286 e. The Hall–Kier alpha value is -0.510. The van der Waals surface area contributed by atoms with Crippen molar-refractivity contribution in [3.8, 4) is 0 Å². The summed E-state index contributed by atoms with van der Waals surface area (Å²) in [5.74, 6) is -0.0752. The fourth-order valence-electron chi connectivity index (χ4n) is 1.28. The van der Waals surface area contributed by atoms with E-state index in [1.807, 2.05) is 0 Å². The first kappa shape index (κ1) is 6.22. The molecule has 2 rings (SSSR count). The van der Waals surface area contributed by atoms with E-state index in [0.717, 1.165) is 31.0 Å². The highest BCUT2D eigenvalue weighted by molar-refractivity contribution is 8.16. The van der Waals surface area contributed by atoms with Gasteiger partial charge in [-0.15, -0.1) is 0 Å². The van der Waals surface area contributed by atoms with Crippen LogP contribution in [0.2, 0.25) is 0 Å². The van der Waals surface area contributed by atoms with Gasteiger partial charge in [0.15, 0.2) is 0 Å². The highest BCUT2D eigenvalue weighted by atomic mass is 32.2. The summed E-state index contributed by atoms with van der Waals surface area (Å²) >= 11 is 1.16. The van der Waals surface area contributed by atoms with Crippen molar-refractivity contribution in [2.24, 2.45) is 0 Å². The average molecular weight is 157 g/mol. The van der Waals surface area contributed by atoms with E-state index >= 15 is 0 Å². The van der Waals surface area contributed by atoms with E-state index in [2.05, 4.69) is 5.32 Å². The zero-order chi connectivity index (χ0) is 7.19. The van der Waals surface area contributed by atoms with Gasteiger partial charge in [-0.25, -0.2) is 0 Å². The highest BCUT2D eigenvalue weighted by Gasteiger charge is 2.51. The second kappa shape index (κ2) is 1.75. The number of nitrogens with one attached hydrogen (secondary N) is 1. The second-order valence-electron chi connectivity index (χ2n) is 2.69. The number of rotatable bonds is 0. The standard InChI is InChI=1S/C6H7NO2S/c8-4-6(2-1-3-6)10-5(9)7-4/h1-3H2,(H,7,8,9). The quantitative estimate of drug-likeness (QED) is 0.568. The topological polar surface area (TPSA) is 46.2 Å². The molecule has 1 N–H and O–H groups in total. The summed E-state index contributed by atoms with van der Waals surface area (Å²) in [5, 5.41) is 2.12. The normalized spacial score (nSPS) is 28.4. The molecule has 1 saturated heterocycles. The maximum absolute atomic E-state index is 11.0. The molecule has 0 aromatic carbocycles. The molecule has 1 heterocycles. The fraction of sp³-hybridized carbons (Fsp3) is 0.667. The summed E-state index contributed by atoms with van der Waals surface area (Å²) in [6.07, 6.45) is 2.82. The van der Waals surface area contributed by atoms with E-state index in [1.165, 1.54) is 0 Å². The Morgan fingerprint density at radius 1 is 1.40 bits per heavy atom. The van der Waals surface area contributed by atoms with Crippen molar-refractivity contribution in [2.75, 3.05) is 0 Å². The van der Waals surface area contributed by atoms with Gasteiger partial charge in [-0.05, 0) is 31.0 Å². The van der Waals surface area contributed by atoms with E-state index in [1.54, 1.807) is 0 Å². The van der Waals surface area contributed by atoms with Crippen LogP contribution in [0.5, 0.6) is 0 Å². The molecule has 0 aromatic heterocycles. The van der Waals surface area contributed by atoms with Crippen LogP contribution in [-0.2, 0) is 4.79 Å². The third-order valence-electron chi connectivity index (χ3n) is 2.08. The summed E-state index contributed by atoms with van der Waals surface area (Å²) < 4.78 is -0.336. The molecular formula is C6H7NO2S. The Morgan fingerprint density at radius 2 is 2.10 bits per heavy atom. The molecule has 0 bridgehead atoms. The van der Waals surface area contributed by atoms with Crippen molar-refractivity contribution in [1.82, 2.24) is 5.32 Å². The molecule has 0 atom stereocenters. The summed E-state index contributed by atoms with van der Waals surface area (Å²) in [4.78, 5) is 21.7. The van der Waals surface area contributed by atoms with Crippen LogP contribution in [0, 0.1) is 0 Å². The highest BCUT2D eigenvalue weighted by Crippen LogP contribution is 2.47. The Kier molecular flexibility index (Phi) is 1.09. The van der Waals surface area contributed by atoms with Crippen molar-refractivity contribution in [2.45, 2.75) is 24.0 Å². The second-order valence-corrected chi connectivity index (χ2v) is 4.05. The fourth-order valence-corrected chi connectivity index (χ4v) is 2.42. The van der Waals surface area contributed by atoms with Crippen LogP contribution < -0.4 is 5.32 Å². The number of amides is 2. The van der Waals surface area contributed by atoms with Gasteiger partial charge in [-0.1, -0.05) is 0 Å². The van der Waals surface area contributed by atoms with Gasteiger partial charge >= 0.3 is 0 Å². The maximum Gasteiger partial charge on any atom is 0.286 e. The molecule has 1 saturated carbocycles. The number of carbonyl (C=O) groups is 2. The molecule has 2 amide bonds. The van der Waals surface area contributed by atoms with Crippen LogP contribution in [0.4, 0.5) is 4.79 Å². The van der Waals surface area contributed by atoms with E-state index in [4.69, 9.17) is 0 Å². The maximum atomic E-state index is 11.0. The Labute approximate surface area is 62.5 Å². The lowest BCUT2D eigenvalue weighted by molar-refractivity contribution is -0.123. The average Bonchev–Trinajstić information content (AvgIpc) is 2.04. The third kappa shape index (κ3) is 0.624. The predicted molar refractivity (Wildman–Crippen MR) is 37.7 cm³/mol. The Morgan fingerprint density at radius 3 is 2.30 bits per heavy atom. The zero-order valence-corrected chi connectivity index (χ0v) is 6.16. The van der Waals surface area contributed by atoms with Crippen LogP contribution in [-0.4, -0.2) is 15.9 Å². The van der Waals surface area contributed by atoms with Gasteiger partial charge in [0.05, 0.1) is 0 Å². The molecule has 4 heteroatoms. The first-order chi connectivity index (χ1) is 4.73. The molecule has 2 aliphatic rings. The van der Waals surface area contributed by atoms with Crippen molar-refractivity contribution in [1.29, 1.82) is 0 Å². The van der Waals surface area contributed by atoms with E-state index < -0.39 is 0 Å². The lowest BCUT2D eigenvalue weighted by Gasteiger charge is -2.32. The van der Waals surface area contributed by atoms with Crippen LogP contribution in [0.3, 0.4) is 0 Å². The molecule has 1 spiro atoms. The van der Waals surface area contributed by atoms with Crippen LogP contribution in [0.25, 0.3) is 0 Å². The lowest BCUT2D eigenvalue weighted by atomic mass is 9.84. The molecule has 0 unspecified atom stereocenters. The van der Waals surface area contributed by atoms with Gasteiger partial charge in [0.1, 0.15) is 4.75 Å². The summed E-state index contributed by atoms with van der Waals surface area (Å²) in [5.41, 5.74) is 0. The molecule has 0 radical (unpaired) electrons. The van der Waals surface area contributed by atoms with Crippen molar-refractivity contribution in [3.63, 3.8) is 0 Å².